The third-order valence-electron chi connectivity index (χ3n) is 5.03. The maximum absolute atomic E-state index is 14.2. The molecule has 0 amide bonds. The van der Waals surface area contributed by atoms with Crippen LogP contribution in [0.5, 0.6) is 0 Å². The summed E-state index contributed by atoms with van der Waals surface area (Å²) in [4.78, 5) is 23.5. The van der Waals surface area contributed by atoms with E-state index in [1.165, 1.54) is 43.3 Å². The van der Waals surface area contributed by atoms with Crippen LogP contribution in [0.3, 0.4) is 0 Å². The number of nitrogens with one attached hydrogen (secondary N) is 1. The molecule has 2 N–H and O–H groups in total. The minimum Gasteiger partial charge on any atom is -0.478 e. The van der Waals surface area contributed by atoms with Gasteiger partial charge in [-0.05, 0) is 50.6 Å². The molecule has 0 saturated carbocycles. The van der Waals surface area contributed by atoms with Crippen LogP contribution in [0.25, 0.3) is 21.9 Å². The lowest BCUT2D eigenvalue weighted by atomic mass is 9.97. The van der Waals surface area contributed by atoms with Gasteiger partial charge in [-0.15, -0.1) is 0 Å². The number of hydrogen-bond donors (Lipinski definition) is 2. The summed E-state index contributed by atoms with van der Waals surface area (Å²) in [6, 6.07) is 4.06. The first-order valence-corrected chi connectivity index (χ1v) is 10.2. The van der Waals surface area contributed by atoms with E-state index in [1.54, 1.807) is 0 Å². The molecule has 3 aromatic rings. The molecule has 2 atom stereocenters. The molecule has 0 saturated heterocycles. The fraction of sp³-hybridized carbons (Fsp3) is 0.391. The van der Waals surface area contributed by atoms with Crippen molar-refractivity contribution in [1.82, 2.24) is 5.32 Å². The highest BCUT2D eigenvalue weighted by atomic mass is 19.4. The van der Waals surface area contributed by atoms with E-state index in [1.807, 2.05) is 0 Å². The number of rotatable bonds is 8. The zero-order valence-corrected chi connectivity index (χ0v) is 18.1. The quantitative estimate of drug-likeness (QED) is 0.332. The Labute approximate surface area is 186 Å². The van der Waals surface area contributed by atoms with Crippen molar-refractivity contribution in [3.05, 3.63) is 47.5 Å². The zero-order valence-electron chi connectivity index (χ0n) is 18.1. The van der Waals surface area contributed by atoms with E-state index in [4.69, 9.17) is 9.15 Å². The van der Waals surface area contributed by atoms with Gasteiger partial charge < -0.3 is 14.3 Å². The molecule has 0 fully saturated rings. The Morgan fingerprint density at radius 1 is 1.06 bits per heavy atom. The Bertz CT molecular complexity index is 1180. The number of carbonyl (C=O) groups is 2. The summed E-state index contributed by atoms with van der Waals surface area (Å²) in [5.41, 5.74) is -1.74. The number of carboxylic acids is 1. The van der Waals surface area contributed by atoms with Crippen molar-refractivity contribution in [2.75, 3.05) is 6.61 Å². The Hall–Kier alpha value is -3.14. The van der Waals surface area contributed by atoms with Crippen LogP contribution >= 0.6 is 0 Å². The third-order valence-corrected chi connectivity index (χ3v) is 5.03. The van der Waals surface area contributed by atoms with Crippen LogP contribution in [-0.2, 0) is 9.53 Å². The molecule has 0 unspecified atom stereocenters. The molecular formula is C23H23F4NO5. The smallest absolute Gasteiger partial charge is 0.407 e. The first-order valence-electron chi connectivity index (χ1n) is 10.2. The lowest BCUT2D eigenvalue weighted by Crippen LogP contribution is -2.47. The number of halogens is 4. The number of furan rings is 1. The maximum atomic E-state index is 14.2. The molecule has 3 rings (SSSR count). The monoisotopic (exact) mass is 469 g/mol. The average Bonchev–Trinajstić information content (AvgIpc) is 3.06. The number of aromatic carboxylic acids is 1. The van der Waals surface area contributed by atoms with Gasteiger partial charge in [-0.25, -0.2) is 9.18 Å². The van der Waals surface area contributed by atoms with Crippen molar-refractivity contribution in [2.45, 2.75) is 51.1 Å². The van der Waals surface area contributed by atoms with Gasteiger partial charge in [0, 0.05) is 17.2 Å². The zero-order chi connectivity index (χ0) is 24.6. The Morgan fingerprint density at radius 3 is 2.33 bits per heavy atom. The van der Waals surface area contributed by atoms with Crippen LogP contribution in [0.1, 0.15) is 49.2 Å². The van der Waals surface area contributed by atoms with Gasteiger partial charge in [-0.3, -0.25) is 10.1 Å². The maximum Gasteiger partial charge on any atom is 0.407 e. The number of fused-ring (bicyclic) bond motifs is 3. The minimum atomic E-state index is -4.82. The number of benzene rings is 2. The molecule has 6 nitrogen and oxygen atoms in total. The Balaban J connectivity index is 2.04. The van der Waals surface area contributed by atoms with E-state index < -0.39 is 42.3 Å². The van der Waals surface area contributed by atoms with Crippen molar-refractivity contribution in [3.8, 4) is 0 Å². The van der Waals surface area contributed by atoms with Crippen molar-refractivity contribution in [2.24, 2.45) is 0 Å². The lowest BCUT2D eigenvalue weighted by molar-refractivity contribution is -0.165. The van der Waals surface area contributed by atoms with Gasteiger partial charge in [-0.2, -0.15) is 13.2 Å². The predicted octanol–water partition coefficient (Wildman–Crippen LogP) is 5.55. The Kier molecular flexibility index (Phi) is 6.69. The van der Waals surface area contributed by atoms with Gasteiger partial charge in [0.05, 0.1) is 12.2 Å². The van der Waals surface area contributed by atoms with Crippen molar-refractivity contribution in [3.63, 3.8) is 0 Å². The largest absolute Gasteiger partial charge is 0.478 e. The second kappa shape index (κ2) is 9.01. The van der Waals surface area contributed by atoms with Crippen LogP contribution in [0.4, 0.5) is 17.6 Å². The third kappa shape index (κ3) is 5.62. The topological polar surface area (TPSA) is 88.8 Å². The van der Waals surface area contributed by atoms with Gasteiger partial charge in [0.2, 0.25) is 0 Å². The highest BCUT2D eigenvalue weighted by Gasteiger charge is 2.44. The van der Waals surface area contributed by atoms with Crippen LogP contribution in [-0.4, -0.2) is 41.5 Å². The molecule has 0 aliphatic rings. The lowest BCUT2D eigenvalue weighted by Gasteiger charge is -2.29. The van der Waals surface area contributed by atoms with E-state index >= 15 is 0 Å². The first-order chi connectivity index (χ1) is 15.3. The van der Waals surface area contributed by atoms with Crippen LogP contribution in [0.15, 0.2) is 40.8 Å². The number of esters is 1. The summed E-state index contributed by atoms with van der Waals surface area (Å²) >= 11 is 0. The number of alkyl halides is 4. The number of ether oxygens (including phenoxy) is 1. The summed E-state index contributed by atoms with van der Waals surface area (Å²) in [6.07, 6.45) is -5.34. The molecule has 0 bridgehead atoms. The van der Waals surface area contributed by atoms with E-state index in [9.17, 15) is 32.3 Å². The van der Waals surface area contributed by atoms with Crippen LogP contribution in [0, 0.1) is 0 Å². The molecular weight excluding hydrogens is 446 g/mol. The van der Waals surface area contributed by atoms with E-state index in [0.717, 1.165) is 13.8 Å². The predicted molar refractivity (Wildman–Crippen MR) is 113 cm³/mol. The molecule has 1 heterocycles. The van der Waals surface area contributed by atoms with E-state index in [2.05, 4.69) is 5.32 Å². The second-order valence-corrected chi connectivity index (χ2v) is 8.24. The fourth-order valence-corrected chi connectivity index (χ4v) is 3.63. The molecule has 33 heavy (non-hydrogen) atoms. The SMILES string of the molecule is CCOC(=O)[C@H](CC(C)(C)F)N[C@@H](c1ccc2c(c1)oc1ccc(C(=O)O)cc12)C(F)(F)F. The van der Waals surface area contributed by atoms with Crippen molar-refractivity contribution in [1.29, 1.82) is 0 Å². The van der Waals surface area contributed by atoms with Crippen molar-refractivity contribution >= 4 is 33.9 Å². The molecule has 178 valence electrons. The summed E-state index contributed by atoms with van der Waals surface area (Å²) in [6.45, 7) is 3.76. The number of hydrogen-bond acceptors (Lipinski definition) is 5. The second-order valence-electron chi connectivity index (χ2n) is 8.24. The molecule has 10 heteroatoms. The standard InChI is InChI=1S/C23H23F4NO5/c1-4-32-21(31)16(11-22(2,3)24)28-19(23(25,26)27)12-5-7-14-15-9-13(20(29)30)6-8-17(15)33-18(14)10-12/h5-10,16,19,28H,4,11H2,1-3H3,(H,29,30)/t16-,19-/m0/s1. The normalized spacial score (nSPS) is 14.4. The summed E-state index contributed by atoms with van der Waals surface area (Å²) in [5.74, 6) is -2.13. The summed E-state index contributed by atoms with van der Waals surface area (Å²) < 4.78 is 66.7. The fourth-order valence-electron chi connectivity index (χ4n) is 3.63. The van der Waals surface area contributed by atoms with Crippen LogP contribution < -0.4 is 5.32 Å². The molecule has 0 aliphatic carbocycles. The molecule has 0 aliphatic heterocycles. The minimum absolute atomic E-state index is 0.00947. The molecule has 0 radical (unpaired) electrons. The van der Waals surface area contributed by atoms with Gasteiger partial charge >= 0.3 is 18.1 Å². The molecule has 1 aromatic heterocycles. The van der Waals surface area contributed by atoms with Gasteiger partial charge in [0.15, 0.2) is 0 Å². The number of carboxylic acid groups (broad SMARTS) is 1. The summed E-state index contributed by atoms with van der Waals surface area (Å²) in [7, 11) is 0. The Morgan fingerprint density at radius 2 is 1.76 bits per heavy atom. The van der Waals surface area contributed by atoms with E-state index in [-0.39, 0.29) is 23.3 Å². The van der Waals surface area contributed by atoms with Gasteiger partial charge in [0.1, 0.15) is 28.9 Å². The highest BCUT2D eigenvalue weighted by Crippen LogP contribution is 2.37. The highest BCUT2D eigenvalue weighted by molar-refractivity contribution is 6.07. The van der Waals surface area contributed by atoms with Crippen LogP contribution in [0.2, 0.25) is 0 Å². The van der Waals surface area contributed by atoms with Crippen molar-refractivity contribution < 1.29 is 41.4 Å². The van der Waals surface area contributed by atoms with E-state index in [0.29, 0.717) is 16.4 Å². The molecule has 0 spiro atoms. The summed E-state index contributed by atoms with van der Waals surface area (Å²) in [5, 5.41) is 12.3. The van der Waals surface area contributed by atoms with Gasteiger partial charge in [0.25, 0.3) is 0 Å². The first kappa shape index (κ1) is 24.5. The molecule has 2 aromatic carbocycles. The number of carbonyl (C=O) groups excluding carboxylic acids is 1. The average molecular weight is 469 g/mol. The van der Waals surface area contributed by atoms with Gasteiger partial charge in [-0.1, -0.05) is 12.1 Å².